The number of hydrogen-bond acceptors (Lipinski definition) is 7. The summed E-state index contributed by atoms with van der Waals surface area (Å²) in [4.78, 5) is 19.0. The van der Waals surface area contributed by atoms with E-state index in [2.05, 4.69) is 34.7 Å². The average Bonchev–Trinajstić information content (AvgIpc) is 2.78. The molecule has 2 aromatic heterocycles. The minimum absolute atomic E-state index is 0.595. The molecule has 1 fully saturated rings. The van der Waals surface area contributed by atoms with Crippen molar-refractivity contribution in [3.8, 4) is 23.0 Å². The lowest BCUT2D eigenvalue weighted by atomic mass is 10.2. The monoisotopic (exact) mass is 407 g/mol. The zero-order chi connectivity index (χ0) is 21.1. The van der Waals surface area contributed by atoms with Crippen LogP contribution in [0.4, 0.5) is 5.82 Å². The first-order valence-corrected chi connectivity index (χ1v) is 10.4. The van der Waals surface area contributed by atoms with Crippen LogP contribution in [0.3, 0.4) is 0 Å². The molecule has 30 heavy (non-hydrogen) atoms. The molecule has 3 aromatic rings. The second kappa shape index (κ2) is 8.83. The van der Waals surface area contributed by atoms with Crippen molar-refractivity contribution in [2.45, 2.75) is 13.8 Å². The van der Waals surface area contributed by atoms with E-state index in [1.807, 2.05) is 24.3 Å². The lowest BCUT2D eigenvalue weighted by Crippen LogP contribution is -2.47. The Kier molecular flexibility index (Phi) is 5.99. The fraction of sp³-hybridized carbons (Fsp3) is 0.435. The standard InChI is InChI=1S/C23H29N5O2/c1-16(2)15-27-8-10-28(11-9-27)22-7-5-6-19(25-22)23-24-14-18-20(26-23)12-17(29-3)13-21(18)30-4/h5-7,12-14,16H,8-11,15H2,1-4H3. The molecule has 0 atom stereocenters. The van der Waals surface area contributed by atoms with E-state index in [0.29, 0.717) is 23.2 Å². The maximum Gasteiger partial charge on any atom is 0.178 e. The van der Waals surface area contributed by atoms with Gasteiger partial charge in [-0.15, -0.1) is 0 Å². The van der Waals surface area contributed by atoms with E-state index in [1.165, 1.54) is 0 Å². The van der Waals surface area contributed by atoms with Gasteiger partial charge >= 0.3 is 0 Å². The summed E-state index contributed by atoms with van der Waals surface area (Å²) < 4.78 is 10.8. The molecule has 1 aliphatic rings. The number of rotatable bonds is 6. The largest absolute Gasteiger partial charge is 0.497 e. The Morgan fingerprint density at radius 2 is 1.80 bits per heavy atom. The molecule has 3 heterocycles. The highest BCUT2D eigenvalue weighted by Crippen LogP contribution is 2.31. The van der Waals surface area contributed by atoms with E-state index < -0.39 is 0 Å². The molecule has 158 valence electrons. The summed E-state index contributed by atoms with van der Waals surface area (Å²) in [6.07, 6.45) is 1.79. The fourth-order valence-corrected chi connectivity index (χ4v) is 3.89. The third-order valence-corrected chi connectivity index (χ3v) is 5.37. The van der Waals surface area contributed by atoms with E-state index in [1.54, 1.807) is 20.4 Å². The molecule has 7 heteroatoms. The minimum Gasteiger partial charge on any atom is -0.497 e. The van der Waals surface area contributed by atoms with Crippen molar-refractivity contribution in [3.05, 3.63) is 36.5 Å². The van der Waals surface area contributed by atoms with Gasteiger partial charge in [0.25, 0.3) is 0 Å². The minimum atomic E-state index is 0.595. The second-order valence-corrected chi connectivity index (χ2v) is 8.02. The molecule has 0 bridgehead atoms. The molecular formula is C23H29N5O2. The van der Waals surface area contributed by atoms with Crippen molar-refractivity contribution in [1.82, 2.24) is 19.9 Å². The van der Waals surface area contributed by atoms with Crippen LogP contribution < -0.4 is 14.4 Å². The van der Waals surface area contributed by atoms with Crippen LogP contribution in [0.25, 0.3) is 22.4 Å². The SMILES string of the molecule is COc1cc(OC)c2cnc(-c3cccc(N4CCN(CC(C)C)CC4)n3)nc2c1. The number of hydrogen-bond donors (Lipinski definition) is 0. The predicted molar refractivity (Wildman–Crippen MR) is 119 cm³/mol. The molecule has 1 aromatic carbocycles. The second-order valence-electron chi connectivity index (χ2n) is 8.02. The van der Waals surface area contributed by atoms with Gasteiger partial charge in [-0.2, -0.15) is 0 Å². The van der Waals surface area contributed by atoms with Gasteiger partial charge in [0.05, 0.1) is 25.1 Å². The van der Waals surface area contributed by atoms with Crippen molar-refractivity contribution in [2.24, 2.45) is 5.92 Å². The van der Waals surface area contributed by atoms with Crippen LogP contribution in [0, 0.1) is 5.92 Å². The first kappa shape index (κ1) is 20.3. The topological polar surface area (TPSA) is 63.6 Å². The summed E-state index contributed by atoms with van der Waals surface area (Å²) in [5, 5.41) is 0.847. The van der Waals surface area contributed by atoms with Gasteiger partial charge in [0.1, 0.15) is 23.0 Å². The normalized spacial score (nSPS) is 15.0. The highest BCUT2D eigenvalue weighted by Gasteiger charge is 2.19. The first-order chi connectivity index (χ1) is 14.6. The molecule has 0 amide bonds. The van der Waals surface area contributed by atoms with Crippen molar-refractivity contribution < 1.29 is 9.47 Å². The zero-order valence-electron chi connectivity index (χ0n) is 18.1. The molecule has 1 aliphatic heterocycles. The highest BCUT2D eigenvalue weighted by atomic mass is 16.5. The fourth-order valence-electron chi connectivity index (χ4n) is 3.89. The molecule has 0 aliphatic carbocycles. The zero-order valence-corrected chi connectivity index (χ0v) is 18.1. The van der Waals surface area contributed by atoms with Gasteiger partial charge in [-0.1, -0.05) is 19.9 Å². The van der Waals surface area contributed by atoms with Crippen molar-refractivity contribution in [1.29, 1.82) is 0 Å². The number of anilines is 1. The van der Waals surface area contributed by atoms with E-state index in [-0.39, 0.29) is 0 Å². The van der Waals surface area contributed by atoms with Gasteiger partial charge in [-0.25, -0.2) is 15.0 Å². The summed E-state index contributed by atoms with van der Waals surface area (Å²) in [5.41, 5.74) is 1.53. The Balaban J connectivity index is 1.59. The molecule has 7 nitrogen and oxygen atoms in total. The van der Waals surface area contributed by atoms with Gasteiger partial charge in [0.15, 0.2) is 5.82 Å². The smallest absolute Gasteiger partial charge is 0.178 e. The van der Waals surface area contributed by atoms with E-state index >= 15 is 0 Å². The summed E-state index contributed by atoms with van der Waals surface area (Å²) in [5.74, 6) is 3.66. The quantitative estimate of drug-likeness (QED) is 0.620. The lowest BCUT2D eigenvalue weighted by Gasteiger charge is -2.36. The van der Waals surface area contributed by atoms with E-state index in [9.17, 15) is 0 Å². The predicted octanol–water partition coefficient (Wildman–Crippen LogP) is 3.49. The summed E-state index contributed by atoms with van der Waals surface area (Å²) in [6, 6.07) is 9.77. The van der Waals surface area contributed by atoms with Crippen LogP contribution in [0.15, 0.2) is 36.5 Å². The Labute approximate surface area is 177 Å². The number of methoxy groups -OCH3 is 2. The van der Waals surface area contributed by atoms with Gasteiger partial charge in [-0.05, 0) is 18.1 Å². The maximum absolute atomic E-state index is 5.46. The molecule has 0 saturated carbocycles. The van der Waals surface area contributed by atoms with Crippen molar-refractivity contribution in [3.63, 3.8) is 0 Å². The number of nitrogens with zero attached hydrogens (tertiary/aromatic N) is 5. The van der Waals surface area contributed by atoms with Crippen LogP contribution >= 0.6 is 0 Å². The van der Waals surface area contributed by atoms with Gasteiger partial charge in [-0.3, -0.25) is 4.90 Å². The summed E-state index contributed by atoms with van der Waals surface area (Å²) in [6.45, 7) is 9.79. The van der Waals surface area contributed by atoms with Gasteiger partial charge in [0, 0.05) is 51.1 Å². The van der Waals surface area contributed by atoms with E-state index in [0.717, 1.165) is 55.1 Å². The molecule has 0 radical (unpaired) electrons. The number of ether oxygens (including phenoxy) is 2. The highest BCUT2D eigenvalue weighted by molar-refractivity contribution is 5.87. The number of fused-ring (bicyclic) bond motifs is 1. The molecule has 0 N–H and O–H groups in total. The number of pyridine rings is 1. The maximum atomic E-state index is 5.46. The summed E-state index contributed by atoms with van der Waals surface area (Å²) >= 11 is 0. The molecule has 0 spiro atoms. The average molecular weight is 408 g/mol. The number of aromatic nitrogens is 3. The third kappa shape index (κ3) is 4.31. The van der Waals surface area contributed by atoms with Gasteiger partial charge < -0.3 is 14.4 Å². The lowest BCUT2D eigenvalue weighted by molar-refractivity contribution is 0.231. The Hall–Kier alpha value is -2.93. The molecule has 1 saturated heterocycles. The van der Waals surface area contributed by atoms with Crippen LogP contribution in [0.2, 0.25) is 0 Å². The van der Waals surface area contributed by atoms with Crippen LogP contribution in [0.5, 0.6) is 11.5 Å². The molecular weight excluding hydrogens is 378 g/mol. The molecule has 4 rings (SSSR count). The molecule has 0 unspecified atom stereocenters. The third-order valence-electron chi connectivity index (χ3n) is 5.37. The van der Waals surface area contributed by atoms with Crippen LogP contribution in [-0.2, 0) is 0 Å². The number of benzene rings is 1. The van der Waals surface area contributed by atoms with Crippen LogP contribution in [-0.4, -0.2) is 66.8 Å². The van der Waals surface area contributed by atoms with Gasteiger partial charge in [0.2, 0.25) is 0 Å². The number of piperazine rings is 1. The van der Waals surface area contributed by atoms with Crippen LogP contribution in [0.1, 0.15) is 13.8 Å². The van der Waals surface area contributed by atoms with Crippen molar-refractivity contribution in [2.75, 3.05) is 51.8 Å². The van der Waals surface area contributed by atoms with E-state index in [4.69, 9.17) is 19.4 Å². The Morgan fingerprint density at radius 3 is 2.50 bits per heavy atom. The Morgan fingerprint density at radius 1 is 1.00 bits per heavy atom. The summed E-state index contributed by atoms with van der Waals surface area (Å²) in [7, 11) is 3.27. The Bertz CT molecular complexity index is 1020. The van der Waals surface area contributed by atoms with Crippen molar-refractivity contribution >= 4 is 16.7 Å². The first-order valence-electron chi connectivity index (χ1n) is 10.4.